The van der Waals surface area contributed by atoms with Gasteiger partial charge in [-0.3, -0.25) is 0 Å². The Morgan fingerprint density at radius 3 is 2.26 bits per heavy atom. The van der Waals surface area contributed by atoms with Gasteiger partial charge in [0.2, 0.25) is 10.0 Å². The fraction of sp³-hybridized carbons (Fsp3) is 0.167. The molecule has 34 heavy (non-hydrogen) atoms. The van der Waals surface area contributed by atoms with Crippen LogP contribution in [0.15, 0.2) is 77.7 Å². The maximum Gasteiger partial charge on any atom is 0.238 e. The zero-order valence-corrected chi connectivity index (χ0v) is 20.5. The second kappa shape index (κ2) is 10.7. The number of rotatable bonds is 9. The molecular weight excluding hydrogens is 493 g/mol. The van der Waals surface area contributed by atoms with Crippen LogP contribution in [0.4, 0.5) is 0 Å². The Hall–Kier alpha value is -2.75. The van der Waals surface area contributed by atoms with E-state index in [4.69, 9.17) is 38.5 Å². The summed E-state index contributed by atoms with van der Waals surface area (Å²) in [4.78, 5) is 1.76. The Kier molecular flexibility index (Phi) is 7.65. The van der Waals surface area contributed by atoms with Gasteiger partial charge in [-0.2, -0.15) is 15.0 Å². The minimum Gasteiger partial charge on any atom is -0.311 e. The average molecular weight is 516 g/mol. The number of halogens is 2. The van der Waals surface area contributed by atoms with Crippen molar-refractivity contribution in [1.82, 2.24) is 20.3 Å². The van der Waals surface area contributed by atoms with E-state index in [-0.39, 0.29) is 4.90 Å². The van der Waals surface area contributed by atoms with E-state index in [0.717, 1.165) is 34.5 Å². The molecule has 1 aromatic heterocycles. The predicted octanol–water partition coefficient (Wildman–Crippen LogP) is 4.28. The first-order valence-corrected chi connectivity index (χ1v) is 12.9. The van der Waals surface area contributed by atoms with Gasteiger partial charge >= 0.3 is 0 Å². The van der Waals surface area contributed by atoms with Crippen LogP contribution in [0, 0.1) is 0 Å². The maximum absolute atomic E-state index is 11.4. The molecule has 0 saturated carbocycles. The second-order valence-electron chi connectivity index (χ2n) is 7.76. The molecule has 0 aliphatic rings. The Labute approximate surface area is 208 Å². The molecule has 0 atom stereocenters. The van der Waals surface area contributed by atoms with E-state index in [1.54, 1.807) is 23.0 Å². The van der Waals surface area contributed by atoms with Gasteiger partial charge in [-0.25, -0.2) is 13.6 Å². The number of nitrogens with one attached hydrogen (secondary N) is 1. The van der Waals surface area contributed by atoms with Crippen LogP contribution in [0.25, 0.3) is 11.3 Å². The minimum absolute atomic E-state index is 0.107. The molecule has 4 rings (SSSR count). The lowest BCUT2D eigenvalue weighted by Crippen LogP contribution is -2.18. The normalized spacial score (nSPS) is 11.6. The summed E-state index contributed by atoms with van der Waals surface area (Å²) in [7, 11) is -3.68. The molecule has 4 aromatic rings. The van der Waals surface area contributed by atoms with Crippen molar-refractivity contribution in [3.63, 3.8) is 0 Å². The molecule has 0 radical (unpaired) electrons. The first kappa shape index (κ1) is 24.4. The monoisotopic (exact) mass is 515 g/mol. The molecule has 0 bridgehead atoms. The van der Waals surface area contributed by atoms with E-state index < -0.39 is 10.0 Å². The molecule has 3 aromatic carbocycles. The number of benzene rings is 3. The third-order valence-corrected chi connectivity index (χ3v) is 6.88. The molecule has 0 fully saturated rings. The molecule has 0 spiro atoms. The van der Waals surface area contributed by atoms with Gasteiger partial charge in [0.25, 0.3) is 0 Å². The summed E-state index contributed by atoms with van der Waals surface area (Å²) < 4.78 is 22.8. The van der Waals surface area contributed by atoms with Crippen molar-refractivity contribution in [3.05, 3.63) is 99.7 Å². The second-order valence-corrected chi connectivity index (χ2v) is 10.1. The van der Waals surface area contributed by atoms with Gasteiger partial charge in [0.1, 0.15) is 11.4 Å². The van der Waals surface area contributed by atoms with Gasteiger partial charge in [0.15, 0.2) is 0 Å². The highest BCUT2D eigenvalue weighted by molar-refractivity contribution is 7.89. The van der Waals surface area contributed by atoms with Crippen molar-refractivity contribution in [3.8, 4) is 11.3 Å². The van der Waals surface area contributed by atoms with Crippen LogP contribution in [-0.4, -0.2) is 30.0 Å². The molecule has 3 N–H and O–H groups in total. The van der Waals surface area contributed by atoms with Crippen LogP contribution in [0.5, 0.6) is 0 Å². The summed E-state index contributed by atoms with van der Waals surface area (Å²) in [6, 6.07) is 22.0. The number of nitrogens with zero attached hydrogens (tertiary/aromatic N) is 3. The van der Waals surface area contributed by atoms with Gasteiger partial charge in [-0.1, -0.05) is 71.7 Å². The maximum atomic E-state index is 11.4. The Morgan fingerprint density at radius 2 is 1.59 bits per heavy atom. The van der Waals surface area contributed by atoms with Crippen LogP contribution in [0.3, 0.4) is 0 Å². The van der Waals surface area contributed by atoms with E-state index in [9.17, 15) is 8.42 Å². The molecule has 0 amide bonds. The van der Waals surface area contributed by atoms with E-state index >= 15 is 0 Å². The van der Waals surface area contributed by atoms with Crippen LogP contribution in [-0.2, 0) is 29.5 Å². The molecule has 0 saturated heterocycles. The van der Waals surface area contributed by atoms with Crippen LogP contribution in [0.2, 0.25) is 10.0 Å². The number of aromatic nitrogens is 3. The number of hydrogen-bond acceptors (Lipinski definition) is 5. The summed E-state index contributed by atoms with van der Waals surface area (Å²) in [6.07, 6.45) is 0.725. The average Bonchev–Trinajstić information content (AvgIpc) is 3.22. The van der Waals surface area contributed by atoms with Crippen LogP contribution in [0.1, 0.15) is 16.8 Å². The van der Waals surface area contributed by atoms with E-state index in [1.807, 2.05) is 42.5 Å². The number of primary sulfonamides is 1. The smallest absolute Gasteiger partial charge is 0.238 e. The molecule has 176 valence electrons. The van der Waals surface area contributed by atoms with Crippen LogP contribution < -0.4 is 10.5 Å². The van der Waals surface area contributed by atoms with Crippen molar-refractivity contribution in [2.24, 2.45) is 5.14 Å². The lowest BCUT2D eigenvalue weighted by atomic mass is 10.1. The van der Waals surface area contributed by atoms with Gasteiger partial charge in [0, 0.05) is 12.1 Å². The predicted molar refractivity (Wildman–Crippen MR) is 134 cm³/mol. The Bertz CT molecular complexity index is 1370. The number of nitrogens with two attached hydrogens (primary N) is 1. The fourth-order valence-electron chi connectivity index (χ4n) is 3.48. The first-order valence-electron chi connectivity index (χ1n) is 10.6. The van der Waals surface area contributed by atoms with Gasteiger partial charge in [-0.05, 0) is 48.4 Å². The standard InChI is InChI=1S/C24H23Cl2N5O2S/c25-21-11-8-18(14-22(21)26)16-31-29-23(24(30-31)19-4-2-1-3-5-19)15-28-13-12-17-6-9-20(10-7-17)34(27,32)33/h1-11,14,28H,12-13,15-16H2,(H2,27,32,33). The third-order valence-electron chi connectivity index (χ3n) is 5.21. The lowest BCUT2D eigenvalue weighted by molar-refractivity contribution is 0.577. The quantitative estimate of drug-likeness (QED) is 0.324. The summed E-state index contributed by atoms with van der Waals surface area (Å²) in [5.41, 5.74) is 4.58. The number of hydrogen-bond donors (Lipinski definition) is 2. The third kappa shape index (κ3) is 6.22. The molecule has 0 aliphatic heterocycles. The van der Waals surface area contributed by atoms with Crippen LogP contribution >= 0.6 is 23.2 Å². The molecule has 0 unspecified atom stereocenters. The zero-order valence-electron chi connectivity index (χ0n) is 18.2. The lowest BCUT2D eigenvalue weighted by Gasteiger charge is -2.06. The molecular formula is C24H23Cl2N5O2S. The molecule has 10 heteroatoms. The molecule has 0 aliphatic carbocycles. The summed E-state index contributed by atoms with van der Waals surface area (Å²) in [5.74, 6) is 0. The SMILES string of the molecule is NS(=O)(=O)c1ccc(CCNCc2nn(Cc3ccc(Cl)c(Cl)c3)nc2-c2ccccc2)cc1. The molecule has 7 nitrogen and oxygen atoms in total. The van der Waals surface area contributed by atoms with E-state index in [0.29, 0.717) is 29.7 Å². The highest BCUT2D eigenvalue weighted by Crippen LogP contribution is 2.24. The van der Waals surface area contributed by atoms with Crippen molar-refractivity contribution >= 4 is 33.2 Å². The topological polar surface area (TPSA) is 103 Å². The van der Waals surface area contributed by atoms with Gasteiger partial charge in [-0.15, -0.1) is 0 Å². The van der Waals surface area contributed by atoms with E-state index in [2.05, 4.69) is 5.32 Å². The summed E-state index contributed by atoms with van der Waals surface area (Å²) >= 11 is 12.2. The van der Waals surface area contributed by atoms with E-state index in [1.165, 1.54) is 12.1 Å². The van der Waals surface area contributed by atoms with Crippen molar-refractivity contribution in [1.29, 1.82) is 0 Å². The summed E-state index contributed by atoms with van der Waals surface area (Å²) in [5, 5.41) is 19.0. The molecule has 1 heterocycles. The van der Waals surface area contributed by atoms with Gasteiger partial charge in [0.05, 0.1) is 21.5 Å². The zero-order chi connectivity index (χ0) is 24.1. The Balaban J connectivity index is 1.45. The minimum atomic E-state index is -3.68. The highest BCUT2D eigenvalue weighted by atomic mass is 35.5. The Morgan fingerprint density at radius 1 is 0.882 bits per heavy atom. The van der Waals surface area contributed by atoms with Gasteiger partial charge < -0.3 is 5.32 Å². The largest absolute Gasteiger partial charge is 0.311 e. The summed E-state index contributed by atoms with van der Waals surface area (Å²) in [6.45, 7) is 1.68. The fourth-order valence-corrected chi connectivity index (χ4v) is 4.32. The highest BCUT2D eigenvalue weighted by Gasteiger charge is 2.14. The first-order chi connectivity index (χ1) is 16.3. The number of sulfonamides is 1. The van der Waals surface area contributed by atoms with Crippen molar-refractivity contribution in [2.45, 2.75) is 24.4 Å². The van der Waals surface area contributed by atoms with Crippen molar-refractivity contribution < 1.29 is 8.42 Å². The van der Waals surface area contributed by atoms with Crippen molar-refractivity contribution in [2.75, 3.05) is 6.54 Å².